The van der Waals surface area contributed by atoms with E-state index in [9.17, 15) is 0 Å². The smallest absolute Gasteiger partial charge is 0.135 e. The predicted molar refractivity (Wildman–Crippen MR) is 49.6 cm³/mol. The zero-order chi connectivity index (χ0) is 8.13. The Bertz CT molecular complexity index is 533. The highest BCUT2D eigenvalue weighted by Gasteiger charge is 2.07. The van der Waals surface area contributed by atoms with Gasteiger partial charge in [-0.3, -0.25) is 0 Å². The molecule has 3 aromatic rings. The van der Waals surface area contributed by atoms with Crippen molar-refractivity contribution in [3.05, 3.63) is 35.9 Å². The van der Waals surface area contributed by atoms with Crippen molar-refractivity contribution in [3.63, 3.8) is 0 Å². The summed E-state index contributed by atoms with van der Waals surface area (Å²) in [5.74, 6) is 0. The van der Waals surface area contributed by atoms with E-state index in [2.05, 4.69) is 25.1 Å². The molecule has 0 N–H and O–H groups in total. The summed E-state index contributed by atoms with van der Waals surface area (Å²) in [5.41, 5.74) is 3.29. The van der Waals surface area contributed by atoms with Crippen molar-refractivity contribution in [3.8, 4) is 0 Å². The van der Waals surface area contributed by atoms with Crippen LogP contribution in [0.25, 0.3) is 21.9 Å². The van der Waals surface area contributed by atoms with Crippen molar-refractivity contribution in [1.82, 2.24) is 0 Å². The first-order valence-electron chi connectivity index (χ1n) is 4.06. The maximum Gasteiger partial charge on any atom is 0.135 e. The molecule has 0 aliphatic carbocycles. The highest BCUT2D eigenvalue weighted by molar-refractivity contribution is 6.07. The van der Waals surface area contributed by atoms with Gasteiger partial charge in [-0.25, -0.2) is 0 Å². The van der Waals surface area contributed by atoms with E-state index in [-0.39, 0.29) is 0 Å². The number of benzene rings is 2. The molecule has 0 saturated carbocycles. The van der Waals surface area contributed by atoms with Gasteiger partial charge in [-0.2, -0.15) is 0 Å². The SMILES string of the molecule is Cc1ccc2c3ccc(o3)c2c1. The van der Waals surface area contributed by atoms with Crippen LogP contribution in [-0.2, 0) is 0 Å². The van der Waals surface area contributed by atoms with Crippen molar-refractivity contribution < 1.29 is 4.42 Å². The molecular weight excluding hydrogens is 148 g/mol. The monoisotopic (exact) mass is 156 g/mol. The third-order valence-corrected chi connectivity index (χ3v) is 2.31. The van der Waals surface area contributed by atoms with Gasteiger partial charge in [0.2, 0.25) is 0 Å². The topological polar surface area (TPSA) is 13.1 Å². The summed E-state index contributed by atoms with van der Waals surface area (Å²) in [7, 11) is 0. The molecule has 0 aliphatic rings. The highest BCUT2D eigenvalue weighted by atomic mass is 16.3. The molecule has 2 heterocycles. The van der Waals surface area contributed by atoms with Crippen LogP contribution in [0.2, 0.25) is 0 Å². The van der Waals surface area contributed by atoms with Gasteiger partial charge in [0.15, 0.2) is 0 Å². The molecule has 12 heavy (non-hydrogen) atoms. The van der Waals surface area contributed by atoms with Crippen molar-refractivity contribution in [2.24, 2.45) is 0 Å². The molecule has 0 unspecified atom stereocenters. The number of aryl methyl sites for hydroxylation is 1. The molecule has 3 rings (SSSR count). The molecule has 0 atom stereocenters. The fourth-order valence-electron chi connectivity index (χ4n) is 1.70. The van der Waals surface area contributed by atoms with Gasteiger partial charge >= 0.3 is 0 Å². The molecule has 0 amide bonds. The number of hydrogen-bond acceptors (Lipinski definition) is 1. The molecule has 0 spiro atoms. The van der Waals surface area contributed by atoms with Crippen LogP contribution in [0.1, 0.15) is 5.56 Å². The van der Waals surface area contributed by atoms with Crippen LogP contribution in [-0.4, -0.2) is 0 Å². The molecule has 0 aliphatic heterocycles. The van der Waals surface area contributed by atoms with E-state index in [1.165, 1.54) is 16.3 Å². The molecule has 58 valence electrons. The normalized spacial score (nSPS) is 11.8. The molecule has 1 heteroatoms. The summed E-state index contributed by atoms with van der Waals surface area (Å²) >= 11 is 0. The standard InChI is InChI=1S/C11H8O/c1-7-2-3-8-9(6-7)11-5-4-10(8)12-11/h2-6H,1H3. The van der Waals surface area contributed by atoms with Crippen molar-refractivity contribution >= 4 is 21.9 Å². The second kappa shape index (κ2) is 1.81. The van der Waals surface area contributed by atoms with Gasteiger partial charge in [0.05, 0.1) is 0 Å². The lowest BCUT2D eigenvalue weighted by Crippen LogP contribution is -1.71. The largest absolute Gasteiger partial charge is 0.456 e. The van der Waals surface area contributed by atoms with Gasteiger partial charge in [-0.15, -0.1) is 0 Å². The average molecular weight is 156 g/mol. The summed E-state index contributed by atoms with van der Waals surface area (Å²) in [6, 6.07) is 10.5. The van der Waals surface area contributed by atoms with E-state index in [1.807, 2.05) is 12.1 Å². The van der Waals surface area contributed by atoms with Crippen LogP contribution in [0.3, 0.4) is 0 Å². The Balaban J connectivity index is 2.65. The lowest BCUT2D eigenvalue weighted by atomic mass is 10.1. The first-order valence-corrected chi connectivity index (χ1v) is 4.06. The van der Waals surface area contributed by atoms with Crippen molar-refractivity contribution in [2.75, 3.05) is 0 Å². The van der Waals surface area contributed by atoms with E-state index in [1.54, 1.807) is 0 Å². The van der Waals surface area contributed by atoms with Gasteiger partial charge in [-0.1, -0.05) is 17.7 Å². The quantitative estimate of drug-likeness (QED) is 0.486. The van der Waals surface area contributed by atoms with Gasteiger partial charge in [-0.05, 0) is 25.1 Å². The van der Waals surface area contributed by atoms with E-state index in [0.717, 1.165) is 11.2 Å². The van der Waals surface area contributed by atoms with Crippen LogP contribution in [0, 0.1) is 6.92 Å². The molecule has 1 aromatic carbocycles. The van der Waals surface area contributed by atoms with Crippen LogP contribution in [0.15, 0.2) is 34.7 Å². The average Bonchev–Trinajstić information content (AvgIpc) is 2.63. The summed E-state index contributed by atoms with van der Waals surface area (Å²) in [4.78, 5) is 0. The molecule has 2 bridgehead atoms. The minimum absolute atomic E-state index is 1.00. The lowest BCUT2D eigenvalue weighted by Gasteiger charge is -1.92. The van der Waals surface area contributed by atoms with Gasteiger partial charge in [0, 0.05) is 10.8 Å². The van der Waals surface area contributed by atoms with Gasteiger partial charge in [0.25, 0.3) is 0 Å². The molecular formula is C11H8O. The van der Waals surface area contributed by atoms with E-state index in [0.29, 0.717) is 0 Å². The zero-order valence-electron chi connectivity index (χ0n) is 6.79. The highest BCUT2D eigenvalue weighted by Crippen LogP contribution is 2.31. The van der Waals surface area contributed by atoms with Crippen LogP contribution in [0.5, 0.6) is 0 Å². The Morgan fingerprint density at radius 1 is 0.917 bits per heavy atom. The minimum Gasteiger partial charge on any atom is -0.456 e. The third-order valence-electron chi connectivity index (χ3n) is 2.31. The maximum atomic E-state index is 5.52. The molecule has 0 radical (unpaired) electrons. The first kappa shape index (κ1) is 6.06. The van der Waals surface area contributed by atoms with E-state index < -0.39 is 0 Å². The summed E-state index contributed by atoms with van der Waals surface area (Å²) < 4.78 is 5.52. The molecule has 0 fully saturated rings. The zero-order valence-corrected chi connectivity index (χ0v) is 6.79. The second-order valence-electron chi connectivity index (χ2n) is 3.21. The number of furan rings is 2. The second-order valence-corrected chi connectivity index (χ2v) is 3.21. The van der Waals surface area contributed by atoms with E-state index in [4.69, 9.17) is 4.42 Å². The Kier molecular flexibility index (Phi) is 0.912. The minimum atomic E-state index is 1.00. The number of rotatable bonds is 0. The summed E-state index contributed by atoms with van der Waals surface area (Å²) in [6.07, 6.45) is 0. The van der Waals surface area contributed by atoms with Crippen molar-refractivity contribution in [2.45, 2.75) is 6.92 Å². The summed E-state index contributed by atoms with van der Waals surface area (Å²) in [6.45, 7) is 2.10. The Labute approximate surface area is 69.9 Å². The predicted octanol–water partition coefficient (Wildman–Crippen LogP) is 3.33. The Morgan fingerprint density at radius 2 is 1.67 bits per heavy atom. The molecule has 1 nitrogen and oxygen atoms in total. The van der Waals surface area contributed by atoms with Crippen LogP contribution in [0.4, 0.5) is 0 Å². The third kappa shape index (κ3) is 0.589. The number of fused-ring (bicyclic) bond motifs is 5. The van der Waals surface area contributed by atoms with E-state index >= 15 is 0 Å². The first-order chi connectivity index (χ1) is 5.84. The van der Waals surface area contributed by atoms with Crippen LogP contribution >= 0.6 is 0 Å². The van der Waals surface area contributed by atoms with Crippen LogP contribution < -0.4 is 0 Å². The number of hydrogen-bond donors (Lipinski definition) is 0. The summed E-state index contributed by atoms with van der Waals surface area (Å²) in [5, 5.41) is 2.48. The lowest BCUT2D eigenvalue weighted by molar-refractivity contribution is 0.679. The fraction of sp³-hybridized carbons (Fsp3) is 0.0909. The Morgan fingerprint density at radius 3 is 2.50 bits per heavy atom. The maximum absolute atomic E-state index is 5.52. The molecule has 0 saturated heterocycles. The van der Waals surface area contributed by atoms with Gasteiger partial charge < -0.3 is 4.42 Å². The Hall–Kier alpha value is -1.50. The fourth-order valence-corrected chi connectivity index (χ4v) is 1.70. The van der Waals surface area contributed by atoms with Gasteiger partial charge in [0.1, 0.15) is 11.2 Å². The molecule has 2 aromatic heterocycles. The van der Waals surface area contributed by atoms with Crippen molar-refractivity contribution in [1.29, 1.82) is 0 Å².